The van der Waals surface area contributed by atoms with Crippen LogP contribution in [-0.4, -0.2) is 0 Å². The van der Waals surface area contributed by atoms with Crippen LogP contribution in [0.4, 0.5) is 11.4 Å². The summed E-state index contributed by atoms with van der Waals surface area (Å²) in [6.45, 7) is 14.0. The van der Waals surface area contributed by atoms with Crippen LogP contribution in [0.2, 0.25) is 0 Å². The first-order valence-corrected chi connectivity index (χ1v) is 10.9. The Bertz CT molecular complexity index is 1290. The Morgan fingerprint density at radius 1 is 0.324 bits per heavy atom. The molecule has 4 aromatic rings. The highest BCUT2D eigenvalue weighted by Gasteiger charge is 1.94. The lowest BCUT2D eigenvalue weighted by molar-refractivity contribution is 1.61. The maximum atomic E-state index is 7.02. The fourth-order valence-corrected chi connectivity index (χ4v) is 3.33. The SMILES string of the molecule is [C-]#[N+]c1ccc(C=Cc2ccc(C=Cc3ccc(C=Cc4ccc([N+]#[C-])cc4)cc3)cc2)cc1. The Hall–Kier alpha value is -4.92. The van der Waals surface area contributed by atoms with Crippen LogP contribution >= 0.6 is 0 Å². The Balaban J connectivity index is 1.34. The molecule has 0 bridgehead atoms. The Morgan fingerprint density at radius 3 is 0.676 bits per heavy atom. The first kappa shape index (κ1) is 22.3. The zero-order valence-electron chi connectivity index (χ0n) is 18.6. The first-order valence-electron chi connectivity index (χ1n) is 10.9. The third-order valence-corrected chi connectivity index (χ3v) is 5.32. The average molecular weight is 435 g/mol. The van der Waals surface area contributed by atoms with Crippen molar-refractivity contribution >= 4 is 47.8 Å². The van der Waals surface area contributed by atoms with Gasteiger partial charge in [0.25, 0.3) is 0 Å². The van der Waals surface area contributed by atoms with Gasteiger partial charge in [-0.3, -0.25) is 0 Å². The topological polar surface area (TPSA) is 8.72 Å². The molecule has 0 amide bonds. The first-order chi connectivity index (χ1) is 16.7. The van der Waals surface area contributed by atoms with E-state index in [9.17, 15) is 0 Å². The molecule has 0 heterocycles. The maximum Gasteiger partial charge on any atom is 0.187 e. The smallest absolute Gasteiger partial charge is 0.187 e. The lowest BCUT2D eigenvalue weighted by atomic mass is 10.1. The predicted octanol–water partition coefficient (Wildman–Crippen LogP) is 9.30. The van der Waals surface area contributed by atoms with Crippen molar-refractivity contribution in [2.45, 2.75) is 0 Å². The number of hydrogen-bond donors (Lipinski definition) is 0. The molecule has 0 aliphatic heterocycles. The van der Waals surface area contributed by atoms with Gasteiger partial charge in [-0.1, -0.05) is 134 Å². The second-order valence-corrected chi connectivity index (χ2v) is 7.74. The summed E-state index contributed by atoms with van der Waals surface area (Å²) in [4.78, 5) is 6.83. The van der Waals surface area contributed by atoms with Gasteiger partial charge in [-0.2, -0.15) is 0 Å². The van der Waals surface area contributed by atoms with Gasteiger partial charge >= 0.3 is 0 Å². The normalized spacial score (nSPS) is 11.1. The molecule has 0 fully saturated rings. The van der Waals surface area contributed by atoms with Gasteiger partial charge in [0.05, 0.1) is 13.1 Å². The van der Waals surface area contributed by atoms with Gasteiger partial charge in [0.15, 0.2) is 11.4 Å². The molecule has 2 nitrogen and oxygen atoms in total. The maximum absolute atomic E-state index is 7.02. The molecule has 160 valence electrons. The Labute approximate surface area is 201 Å². The van der Waals surface area contributed by atoms with Gasteiger partial charge in [0.2, 0.25) is 0 Å². The number of rotatable bonds is 6. The zero-order chi connectivity index (χ0) is 23.6. The minimum Gasteiger partial charge on any atom is -0.238 e. The molecular weight excluding hydrogens is 412 g/mol. The summed E-state index contributed by atoms with van der Waals surface area (Å²) in [7, 11) is 0. The van der Waals surface area contributed by atoms with Crippen molar-refractivity contribution < 1.29 is 0 Å². The molecule has 0 radical (unpaired) electrons. The lowest BCUT2D eigenvalue weighted by Crippen LogP contribution is -1.77. The van der Waals surface area contributed by atoms with Crippen molar-refractivity contribution in [2.24, 2.45) is 0 Å². The van der Waals surface area contributed by atoms with Crippen molar-refractivity contribution in [3.63, 3.8) is 0 Å². The Morgan fingerprint density at radius 2 is 0.500 bits per heavy atom. The number of nitrogens with zero attached hydrogens (tertiary/aromatic N) is 2. The van der Waals surface area contributed by atoms with E-state index in [4.69, 9.17) is 13.1 Å². The summed E-state index contributed by atoms with van der Waals surface area (Å²) in [6.07, 6.45) is 12.5. The molecule has 0 aromatic heterocycles. The van der Waals surface area contributed by atoms with E-state index in [0.29, 0.717) is 11.4 Å². The fraction of sp³-hybridized carbons (Fsp3) is 0. The van der Waals surface area contributed by atoms with Crippen molar-refractivity contribution in [3.8, 4) is 0 Å². The van der Waals surface area contributed by atoms with Gasteiger partial charge in [-0.25, -0.2) is 9.69 Å². The fourth-order valence-electron chi connectivity index (χ4n) is 3.33. The highest BCUT2D eigenvalue weighted by molar-refractivity contribution is 5.75. The van der Waals surface area contributed by atoms with Crippen molar-refractivity contribution in [1.29, 1.82) is 0 Å². The van der Waals surface area contributed by atoms with Crippen LogP contribution in [0.25, 0.3) is 46.1 Å². The minimum atomic E-state index is 0.656. The molecule has 2 heteroatoms. The molecule has 34 heavy (non-hydrogen) atoms. The van der Waals surface area contributed by atoms with Crippen molar-refractivity contribution in [2.75, 3.05) is 0 Å². The van der Waals surface area contributed by atoms with Gasteiger partial charge in [-0.15, -0.1) is 0 Å². The molecular formula is C32H22N2. The third kappa shape index (κ3) is 6.30. The average Bonchev–Trinajstić information content (AvgIpc) is 2.91. The summed E-state index contributed by atoms with van der Waals surface area (Å²) in [5.74, 6) is 0. The third-order valence-electron chi connectivity index (χ3n) is 5.32. The van der Waals surface area contributed by atoms with E-state index in [1.54, 1.807) is 0 Å². The predicted molar refractivity (Wildman–Crippen MR) is 145 cm³/mol. The molecule has 0 aliphatic carbocycles. The molecule has 0 saturated carbocycles. The van der Waals surface area contributed by atoms with E-state index in [-0.39, 0.29) is 0 Å². The monoisotopic (exact) mass is 434 g/mol. The van der Waals surface area contributed by atoms with E-state index in [2.05, 4.69) is 94.7 Å². The minimum absolute atomic E-state index is 0.656. The largest absolute Gasteiger partial charge is 0.238 e. The second kappa shape index (κ2) is 11.1. The van der Waals surface area contributed by atoms with E-state index in [1.165, 1.54) is 0 Å². The van der Waals surface area contributed by atoms with Crippen LogP contribution < -0.4 is 0 Å². The second-order valence-electron chi connectivity index (χ2n) is 7.74. The van der Waals surface area contributed by atoms with Crippen LogP contribution in [0.3, 0.4) is 0 Å². The van der Waals surface area contributed by atoms with E-state index in [0.717, 1.165) is 33.4 Å². The molecule has 4 rings (SSSR count). The van der Waals surface area contributed by atoms with Crippen molar-refractivity contribution in [1.82, 2.24) is 0 Å². The van der Waals surface area contributed by atoms with Crippen LogP contribution in [0.5, 0.6) is 0 Å². The number of hydrogen-bond acceptors (Lipinski definition) is 0. The Kier molecular flexibility index (Phi) is 7.27. The summed E-state index contributed by atoms with van der Waals surface area (Å²) in [5, 5.41) is 0. The van der Waals surface area contributed by atoms with Crippen LogP contribution in [0.1, 0.15) is 33.4 Å². The van der Waals surface area contributed by atoms with Crippen LogP contribution in [-0.2, 0) is 0 Å². The van der Waals surface area contributed by atoms with E-state index < -0.39 is 0 Å². The highest BCUT2D eigenvalue weighted by atomic mass is 14.6. The molecule has 0 spiro atoms. The standard InChI is InChI=1S/C32H22N2/c1-33-31-21-17-29(18-22-31)15-13-27-9-5-25(6-10-27)3-4-26-7-11-28(12-8-26)14-16-30-19-23-32(34-2)24-20-30/h3-24H. The van der Waals surface area contributed by atoms with Crippen LogP contribution in [0.15, 0.2) is 97.1 Å². The van der Waals surface area contributed by atoms with Crippen LogP contribution in [0, 0.1) is 13.1 Å². The quantitative estimate of drug-likeness (QED) is 0.211. The summed E-state index contributed by atoms with van der Waals surface area (Å²) in [5.41, 5.74) is 8.01. The van der Waals surface area contributed by atoms with Gasteiger partial charge < -0.3 is 0 Å². The summed E-state index contributed by atoms with van der Waals surface area (Å²) < 4.78 is 0. The molecule has 0 N–H and O–H groups in total. The highest BCUT2D eigenvalue weighted by Crippen LogP contribution is 2.17. The summed E-state index contributed by atoms with van der Waals surface area (Å²) in [6, 6.07) is 32.0. The lowest BCUT2D eigenvalue weighted by Gasteiger charge is -1.99. The van der Waals surface area contributed by atoms with E-state index in [1.807, 2.05) is 48.5 Å². The molecule has 0 saturated heterocycles. The van der Waals surface area contributed by atoms with Gasteiger partial charge in [-0.05, 0) is 33.4 Å². The molecule has 0 unspecified atom stereocenters. The number of benzene rings is 4. The molecule has 0 aliphatic rings. The zero-order valence-corrected chi connectivity index (χ0v) is 18.6. The van der Waals surface area contributed by atoms with Gasteiger partial charge in [0, 0.05) is 0 Å². The molecule has 0 atom stereocenters. The van der Waals surface area contributed by atoms with Gasteiger partial charge in [0.1, 0.15) is 0 Å². The molecule has 4 aromatic carbocycles. The van der Waals surface area contributed by atoms with E-state index >= 15 is 0 Å². The summed E-state index contributed by atoms with van der Waals surface area (Å²) >= 11 is 0. The van der Waals surface area contributed by atoms with Crippen molar-refractivity contribution in [3.05, 3.63) is 153 Å².